The van der Waals surface area contributed by atoms with E-state index in [0.29, 0.717) is 38.8 Å². The van der Waals surface area contributed by atoms with E-state index in [1.54, 1.807) is 0 Å². The molecule has 3 fully saturated rings. The van der Waals surface area contributed by atoms with Gasteiger partial charge in [0.15, 0.2) is 12.1 Å². The van der Waals surface area contributed by atoms with E-state index >= 15 is 0 Å². The summed E-state index contributed by atoms with van der Waals surface area (Å²) in [6, 6.07) is 0. The minimum absolute atomic E-state index is 0.0125. The first-order chi connectivity index (χ1) is 18.1. The molecule has 4 unspecified atom stereocenters. The summed E-state index contributed by atoms with van der Waals surface area (Å²) in [5.41, 5.74) is -0.191. The summed E-state index contributed by atoms with van der Waals surface area (Å²) >= 11 is 0. The second-order valence-electron chi connectivity index (χ2n) is 12.7. The van der Waals surface area contributed by atoms with E-state index in [1.165, 1.54) is 0 Å². The lowest BCUT2D eigenvalue weighted by atomic mass is 9.83. The van der Waals surface area contributed by atoms with Crippen LogP contribution < -0.4 is 0 Å². The first-order valence-corrected chi connectivity index (χ1v) is 14.7. The van der Waals surface area contributed by atoms with Gasteiger partial charge in [0.05, 0.1) is 25.9 Å². The summed E-state index contributed by atoms with van der Waals surface area (Å²) in [5, 5.41) is 8.91. The van der Waals surface area contributed by atoms with Crippen LogP contribution in [0.1, 0.15) is 92.4 Å². The molecule has 3 rings (SSSR count). The van der Waals surface area contributed by atoms with Crippen LogP contribution in [0.4, 0.5) is 0 Å². The molecule has 2 aliphatic heterocycles. The first kappa shape index (κ1) is 31.3. The second kappa shape index (κ2) is 14.4. The smallest absolute Gasteiger partial charge is 0.303 e. The van der Waals surface area contributed by atoms with Crippen LogP contribution in [0.25, 0.3) is 0 Å². The van der Waals surface area contributed by atoms with Crippen molar-refractivity contribution in [3.8, 4) is 0 Å². The third kappa shape index (κ3) is 9.16. The van der Waals surface area contributed by atoms with Gasteiger partial charge in [0, 0.05) is 42.8 Å². The van der Waals surface area contributed by atoms with E-state index in [2.05, 4.69) is 52.0 Å². The number of hydrogen-bond acceptors (Lipinski definition) is 6. The topological polar surface area (TPSA) is 83.5 Å². The number of hydrogen-bond donors (Lipinski definition) is 1. The minimum atomic E-state index is -0.743. The van der Waals surface area contributed by atoms with Crippen LogP contribution in [0.2, 0.25) is 0 Å². The van der Waals surface area contributed by atoms with Crippen molar-refractivity contribution in [3.05, 3.63) is 24.3 Å². The number of rotatable bonds is 14. The van der Waals surface area contributed by atoms with E-state index in [9.17, 15) is 4.79 Å². The van der Waals surface area contributed by atoms with Crippen LogP contribution in [-0.2, 0) is 28.5 Å². The second-order valence-corrected chi connectivity index (χ2v) is 12.7. The van der Waals surface area contributed by atoms with Crippen molar-refractivity contribution in [3.63, 3.8) is 0 Å². The molecule has 1 N–H and O–H groups in total. The summed E-state index contributed by atoms with van der Waals surface area (Å²) < 4.78 is 31.3. The number of carboxylic acids is 1. The number of unbranched alkanes of at least 4 members (excludes halogenated alkanes) is 1. The van der Waals surface area contributed by atoms with E-state index in [-0.39, 0.29) is 35.6 Å². The maximum absolute atomic E-state index is 10.8. The van der Waals surface area contributed by atoms with Crippen molar-refractivity contribution < 1.29 is 33.6 Å². The van der Waals surface area contributed by atoms with E-state index < -0.39 is 11.8 Å². The van der Waals surface area contributed by atoms with Gasteiger partial charge >= 0.3 is 5.97 Å². The third-order valence-corrected chi connectivity index (χ3v) is 8.06. The van der Waals surface area contributed by atoms with Gasteiger partial charge in [-0.05, 0) is 57.8 Å². The highest BCUT2D eigenvalue weighted by atomic mass is 16.7. The lowest BCUT2D eigenvalue weighted by molar-refractivity contribution is -0.315. The maximum Gasteiger partial charge on any atom is 0.303 e. The van der Waals surface area contributed by atoms with Gasteiger partial charge in [-0.2, -0.15) is 0 Å². The van der Waals surface area contributed by atoms with Crippen LogP contribution in [0, 0.1) is 22.7 Å². The van der Waals surface area contributed by atoms with Crippen molar-refractivity contribution in [2.75, 3.05) is 33.0 Å². The molecule has 0 aromatic rings. The number of carbonyl (C=O) groups is 1. The molecule has 38 heavy (non-hydrogen) atoms. The standard InChI is InChI=1S/C31H52O7/c1-6-34-23-30(4,5)26(38-28-15-11-12-20-35-28)17-16-24-18-19-31(36-21-29(2,3)22-37-31)25(24)13-9-7-8-10-14-27(32)33/h7,9,16-17,24-26,28H,6,8,10-15,18-23H2,1-5H3,(H,32,33)/b9-7-,17-16+. The molecule has 1 spiro atoms. The Balaban J connectivity index is 1.74. The Morgan fingerprint density at radius 3 is 2.58 bits per heavy atom. The fourth-order valence-corrected chi connectivity index (χ4v) is 5.64. The molecular weight excluding hydrogens is 484 g/mol. The Morgan fingerprint density at radius 2 is 1.92 bits per heavy atom. The molecule has 0 aromatic heterocycles. The van der Waals surface area contributed by atoms with Crippen LogP contribution in [0.5, 0.6) is 0 Å². The van der Waals surface area contributed by atoms with Crippen LogP contribution in [-0.4, -0.2) is 62.3 Å². The normalized spacial score (nSPS) is 28.4. The molecule has 0 bridgehead atoms. The highest BCUT2D eigenvalue weighted by Crippen LogP contribution is 2.50. The molecule has 0 radical (unpaired) electrons. The largest absolute Gasteiger partial charge is 0.481 e. The van der Waals surface area contributed by atoms with Crippen molar-refractivity contribution in [1.29, 1.82) is 0 Å². The van der Waals surface area contributed by atoms with Crippen LogP contribution in [0.15, 0.2) is 24.3 Å². The molecule has 7 heteroatoms. The molecular formula is C31H52O7. The monoisotopic (exact) mass is 536 g/mol. The maximum atomic E-state index is 10.8. The van der Waals surface area contributed by atoms with E-state index in [4.69, 9.17) is 28.8 Å². The number of ether oxygens (including phenoxy) is 5. The number of aliphatic carboxylic acids is 1. The highest BCUT2D eigenvalue weighted by molar-refractivity contribution is 5.66. The zero-order valence-electron chi connectivity index (χ0n) is 24.4. The van der Waals surface area contributed by atoms with E-state index in [1.807, 2.05) is 6.92 Å². The summed E-state index contributed by atoms with van der Waals surface area (Å²) in [5.74, 6) is -0.833. The summed E-state index contributed by atoms with van der Waals surface area (Å²) in [7, 11) is 0. The summed E-state index contributed by atoms with van der Waals surface area (Å²) in [4.78, 5) is 10.8. The minimum Gasteiger partial charge on any atom is -0.481 e. The van der Waals surface area contributed by atoms with Crippen molar-refractivity contribution in [2.24, 2.45) is 22.7 Å². The van der Waals surface area contributed by atoms with Gasteiger partial charge < -0.3 is 28.8 Å². The number of carboxylic acid groups (broad SMARTS) is 1. The predicted octanol–water partition coefficient (Wildman–Crippen LogP) is 6.51. The lowest BCUT2D eigenvalue weighted by Crippen LogP contribution is -2.50. The molecule has 0 aromatic carbocycles. The Morgan fingerprint density at radius 1 is 1.16 bits per heavy atom. The molecule has 4 atom stereocenters. The molecule has 0 amide bonds. The van der Waals surface area contributed by atoms with Gasteiger partial charge in [-0.15, -0.1) is 0 Å². The summed E-state index contributed by atoms with van der Waals surface area (Å²) in [6.07, 6.45) is 16.0. The van der Waals surface area contributed by atoms with Crippen LogP contribution in [0.3, 0.4) is 0 Å². The fraction of sp³-hybridized carbons (Fsp3) is 0.839. The average molecular weight is 537 g/mol. The Bertz CT molecular complexity index is 771. The zero-order valence-corrected chi connectivity index (χ0v) is 24.4. The molecule has 1 saturated carbocycles. The Labute approximate surface area is 230 Å². The van der Waals surface area contributed by atoms with Crippen LogP contribution >= 0.6 is 0 Å². The summed E-state index contributed by atoms with van der Waals surface area (Å²) in [6.45, 7) is 14.2. The quantitative estimate of drug-likeness (QED) is 0.200. The molecule has 3 aliphatic rings. The van der Waals surface area contributed by atoms with Crippen molar-refractivity contribution in [2.45, 2.75) is 111 Å². The van der Waals surface area contributed by atoms with Crippen molar-refractivity contribution >= 4 is 5.97 Å². The van der Waals surface area contributed by atoms with Gasteiger partial charge in [-0.3, -0.25) is 4.79 Å². The predicted molar refractivity (Wildman–Crippen MR) is 148 cm³/mol. The molecule has 7 nitrogen and oxygen atoms in total. The number of allylic oxidation sites excluding steroid dienone is 3. The van der Waals surface area contributed by atoms with Crippen molar-refractivity contribution in [1.82, 2.24) is 0 Å². The van der Waals surface area contributed by atoms with Gasteiger partial charge in [0.1, 0.15) is 0 Å². The molecule has 1 aliphatic carbocycles. The molecule has 218 valence electrons. The third-order valence-electron chi connectivity index (χ3n) is 8.06. The van der Waals surface area contributed by atoms with Gasteiger partial charge in [-0.1, -0.05) is 52.0 Å². The first-order valence-electron chi connectivity index (χ1n) is 14.7. The highest BCUT2D eigenvalue weighted by Gasteiger charge is 2.52. The lowest BCUT2D eigenvalue weighted by Gasteiger charge is -2.45. The van der Waals surface area contributed by atoms with E-state index in [0.717, 1.165) is 51.6 Å². The SMILES string of the molecule is CCOCC(C)(C)C(/C=C/C1CCC2(OCC(C)(C)CO2)C1C/C=C\CCCC(=O)O)OC1CCCCO1. The fourth-order valence-electron chi connectivity index (χ4n) is 5.64. The van der Waals surface area contributed by atoms with Gasteiger partial charge in [0.2, 0.25) is 0 Å². The molecule has 2 heterocycles. The zero-order chi connectivity index (χ0) is 27.7. The Hall–Kier alpha value is -1.25. The van der Waals surface area contributed by atoms with Gasteiger partial charge in [0.25, 0.3) is 0 Å². The van der Waals surface area contributed by atoms with Gasteiger partial charge in [-0.25, -0.2) is 0 Å². The average Bonchev–Trinajstić information content (AvgIpc) is 3.22. The molecule has 2 saturated heterocycles. The Kier molecular flexibility index (Phi) is 11.9.